The van der Waals surface area contributed by atoms with Gasteiger partial charge >= 0.3 is 5.69 Å². The topological polar surface area (TPSA) is 84.2 Å². The molecule has 0 aliphatic carbocycles. The Hall–Kier alpha value is -1.57. The van der Waals surface area contributed by atoms with Gasteiger partial charge < -0.3 is 10.2 Å². The normalized spacial score (nSPS) is 19.3. The van der Waals surface area contributed by atoms with Gasteiger partial charge in [0.15, 0.2) is 0 Å². The van der Waals surface area contributed by atoms with E-state index in [4.69, 9.17) is 0 Å². The Labute approximate surface area is 116 Å². The number of hydrogen-bond donors (Lipinski definition) is 1. The molecule has 0 saturated carbocycles. The summed E-state index contributed by atoms with van der Waals surface area (Å²) >= 11 is 1.87. The van der Waals surface area contributed by atoms with Crippen molar-refractivity contribution in [3.8, 4) is 0 Å². The second-order valence-electron chi connectivity index (χ2n) is 4.44. The van der Waals surface area contributed by atoms with Crippen molar-refractivity contribution in [3.05, 3.63) is 15.8 Å². The van der Waals surface area contributed by atoms with Crippen LogP contribution in [0.1, 0.15) is 12.6 Å². The summed E-state index contributed by atoms with van der Waals surface area (Å²) in [6.45, 7) is 5.31. The lowest BCUT2D eigenvalue weighted by atomic mass is 10.3. The Bertz CT molecular complexity index is 496. The molecule has 1 aromatic rings. The van der Waals surface area contributed by atoms with E-state index < -0.39 is 4.92 Å². The van der Waals surface area contributed by atoms with Gasteiger partial charge in [0, 0.05) is 31.1 Å². The van der Waals surface area contributed by atoms with Gasteiger partial charge in [-0.3, -0.25) is 10.1 Å². The summed E-state index contributed by atoms with van der Waals surface area (Å²) in [5.74, 6) is 1.80. The molecule has 0 radical (unpaired) electrons. The minimum absolute atomic E-state index is 0.0121. The summed E-state index contributed by atoms with van der Waals surface area (Å²) in [6, 6.07) is 0. The van der Waals surface area contributed by atoms with Crippen molar-refractivity contribution >= 4 is 29.2 Å². The molecule has 1 saturated heterocycles. The van der Waals surface area contributed by atoms with E-state index >= 15 is 0 Å². The van der Waals surface area contributed by atoms with E-state index in [2.05, 4.69) is 22.2 Å². The summed E-state index contributed by atoms with van der Waals surface area (Å²) < 4.78 is 0. The quantitative estimate of drug-likeness (QED) is 0.667. The monoisotopic (exact) mass is 283 g/mol. The summed E-state index contributed by atoms with van der Waals surface area (Å²) in [6.07, 6.45) is 0. The standard InChI is InChI=1S/C11H17N5O2S/c1-7-6-15(4-5-19-7)10-9(16(17)18)8(2)13-11(12-3)14-10/h7H,4-6H2,1-3H3,(H,12,13,14). The maximum Gasteiger partial charge on any atom is 0.332 e. The van der Waals surface area contributed by atoms with Crippen LogP contribution in [-0.2, 0) is 0 Å². The van der Waals surface area contributed by atoms with E-state index in [1.165, 1.54) is 0 Å². The van der Waals surface area contributed by atoms with Crippen LogP contribution in [0.2, 0.25) is 0 Å². The minimum atomic E-state index is -0.392. The van der Waals surface area contributed by atoms with Crippen molar-refractivity contribution in [2.75, 3.05) is 36.1 Å². The van der Waals surface area contributed by atoms with Gasteiger partial charge in [0.1, 0.15) is 5.69 Å². The molecule has 19 heavy (non-hydrogen) atoms. The van der Waals surface area contributed by atoms with E-state index in [0.29, 0.717) is 22.7 Å². The fraction of sp³-hybridized carbons (Fsp3) is 0.636. The highest BCUT2D eigenvalue weighted by Crippen LogP contribution is 2.32. The summed E-state index contributed by atoms with van der Waals surface area (Å²) in [7, 11) is 1.71. The van der Waals surface area contributed by atoms with E-state index in [9.17, 15) is 10.1 Å². The van der Waals surface area contributed by atoms with E-state index in [1.807, 2.05) is 16.7 Å². The average molecular weight is 283 g/mol. The summed E-state index contributed by atoms with van der Waals surface area (Å²) in [4.78, 5) is 21.2. The first-order chi connectivity index (χ1) is 9.02. The lowest BCUT2D eigenvalue weighted by Crippen LogP contribution is -2.37. The fourth-order valence-corrected chi connectivity index (χ4v) is 3.12. The molecular formula is C11H17N5O2S. The highest BCUT2D eigenvalue weighted by molar-refractivity contribution is 8.00. The van der Waals surface area contributed by atoms with Crippen LogP contribution in [0.5, 0.6) is 0 Å². The molecule has 1 fully saturated rings. The molecule has 1 N–H and O–H groups in total. The SMILES string of the molecule is CNc1nc(C)c([N+](=O)[O-])c(N2CCSC(C)C2)n1. The van der Waals surface area contributed by atoms with E-state index in [1.54, 1.807) is 14.0 Å². The molecule has 104 valence electrons. The lowest BCUT2D eigenvalue weighted by Gasteiger charge is -2.31. The zero-order valence-electron chi connectivity index (χ0n) is 11.2. The molecule has 2 rings (SSSR count). The van der Waals surface area contributed by atoms with Crippen LogP contribution in [0.25, 0.3) is 0 Å². The first kappa shape index (κ1) is 13.9. The molecule has 1 unspecified atom stereocenters. The van der Waals surface area contributed by atoms with Crippen LogP contribution in [0.15, 0.2) is 0 Å². The number of hydrogen-bond acceptors (Lipinski definition) is 7. The van der Waals surface area contributed by atoms with Crippen molar-refractivity contribution < 1.29 is 4.92 Å². The number of nitro groups is 1. The Morgan fingerprint density at radius 1 is 1.53 bits per heavy atom. The highest BCUT2D eigenvalue weighted by Gasteiger charge is 2.28. The van der Waals surface area contributed by atoms with Crippen molar-refractivity contribution in [3.63, 3.8) is 0 Å². The lowest BCUT2D eigenvalue weighted by molar-refractivity contribution is -0.385. The Morgan fingerprint density at radius 2 is 2.26 bits per heavy atom. The summed E-state index contributed by atoms with van der Waals surface area (Å²) in [5, 5.41) is 14.5. The van der Waals surface area contributed by atoms with Gasteiger partial charge in [-0.15, -0.1) is 0 Å². The molecule has 8 heteroatoms. The van der Waals surface area contributed by atoms with Gasteiger partial charge in [0.05, 0.1) is 4.92 Å². The Morgan fingerprint density at radius 3 is 2.84 bits per heavy atom. The third kappa shape index (κ3) is 2.89. The largest absolute Gasteiger partial charge is 0.357 e. The zero-order chi connectivity index (χ0) is 14.0. The summed E-state index contributed by atoms with van der Waals surface area (Å²) in [5.41, 5.74) is 0.406. The molecule has 0 aromatic carbocycles. The van der Waals surface area contributed by atoms with Crippen LogP contribution in [-0.4, -0.2) is 46.0 Å². The number of nitrogens with zero attached hydrogens (tertiary/aromatic N) is 4. The van der Waals surface area contributed by atoms with Gasteiger partial charge in [0.2, 0.25) is 11.8 Å². The number of aryl methyl sites for hydroxylation is 1. The number of anilines is 2. The maximum atomic E-state index is 11.2. The van der Waals surface area contributed by atoms with Crippen LogP contribution in [0.4, 0.5) is 17.5 Å². The molecule has 0 amide bonds. The number of thioether (sulfide) groups is 1. The first-order valence-electron chi connectivity index (χ1n) is 6.10. The number of aromatic nitrogens is 2. The van der Waals surface area contributed by atoms with Gasteiger partial charge in [-0.05, 0) is 6.92 Å². The maximum absolute atomic E-state index is 11.2. The van der Waals surface area contributed by atoms with Crippen molar-refractivity contribution in [2.45, 2.75) is 19.1 Å². The smallest absolute Gasteiger partial charge is 0.332 e. The van der Waals surface area contributed by atoms with Crippen molar-refractivity contribution in [1.29, 1.82) is 0 Å². The highest BCUT2D eigenvalue weighted by atomic mass is 32.2. The predicted octanol–water partition coefficient (Wildman–Crippen LogP) is 1.68. The van der Waals surface area contributed by atoms with E-state index in [-0.39, 0.29) is 5.69 Å². The van der Waals surface area contributed by atoms with E-state index in [0.717, 1.165) is 18.8 Å². The second kappa shape index (κ2) is 5.60. The van der Waals surface area contributed by atoms with Gasteiger partial charge in [0.25, 0.3) is 0 Å². The molecule has 1 aromatic heterocycles. The molecular weight excluding hydrogens is 266 g/mol. The van der Waals surface area contributed by atoms with Crippen LogP contribution in [0.3, 0.4) is 0 Å². The molecule has 1 atom stereocenters. The minimum Gasteiger partial charge on any atom is -0.357 e. The molecule has 2 heterocycles. The van der Waals surface area contributed by atoms with Gasteiger partial charge in [-0.2, -0.15) is 16.7 Å². The second-order valence-corrected chi connectivity index (χ2v) is 5.99. The molecule has 0 spiro atoms. The molecule has 1 aliphatic rings. The van der Waals surface area contributed by atoms with Crippen molar-refractivity contribution in [1.82, 2.24) is 9.97 Å². The first-order valence-corrected chi connectivity index (χ1v) is 7.15. The molecule has 0 bridgehead atoms. The fourth-order valence-electron chi connectivity index (χ4n) is 2.11. The number of nitrogens with one attached hydrogen (secondary N) is 1. The van der Waals surface area contributed by atoms with Crippen LogP contribution >= 0.6 is 11.8 Å². The number of rotatable bonds is 3. The van der Waals surface area contributed by atoms with Gasteiger partial charge in [-0.25, -0.2) is 4.98 Å². The third-order valence-electron chi connectivity index (χ3n) is 2.99. The molecule has 7 nitrogen and oxygen atoms in total. The average Bonchev–Trinajstić information content (AvgIpc) is 2.37. The third-order valence-corrected chi connectivity index (χ3v) is 4.12. The molecule has 1 aliphatic heterocycles. The zero-order valence-corrected chi connectivity index (χ0v) is 12.0. The van der Waals surface area contributed by atoms with Crippen LogP contribution < -0.4 is 10.2 Å². The predicted molar refractivity (Wildman–Crippen MR) is 77.1 cm³/mol. The van der Waals surface area contributed by atoms with Crippen LogP contribution in [0, 0.1) is 17.0 Å². The Kier molecular flexibility index (Phi) is 4.08. The van der Waals surface area contributed by atoms with Gasteiger partial charge in [-0.1, -0.05) is 6.92 Å². The van der Waals surface area contributed by atoms with Crippen molar-refractivity contribution in [2.24, 2.45) is 0 Å². The Balaban J connectivity index is 2.46.